The quantitative estimate of drug-likeness (QED) is 0.807. The smallest absolute Gasteiger partial charge is 0.226 e. The predicted molar refractivity (Wildman–Crippen MR) is 93.7 cm³/mol. The van der Waals surface area contributed by atoms with Crippen molar-refractivity contribution in [2.45, 2.75) is 32.7 Å². The first-order valence-electron chi connectivity index (χ1n) is 7.32. The van der Waals surface area contributed by atoms with Crippen molar-refractivity contribution >= 4 is 35.1 Å². The lowest BCUT2D eigenvalue weighted by Gasteiger charge is -2.28. The molecule has 23 heavy (non-hydrogen) atoms. The molecule has 0 saturated carbocycles. The molecule has 0 saturated heterocycles. The average molecular weight is 351 g/mol. The fourth-order valence-electron chi connectivity index (χ4n) is 1.96. The Morgan fingerprint density at radius 2 is 2.22 bits per heavy atom. The molecule has 0 aliphatic heterocycles. The van der Waals surface area contributed by atoms with Crippen LogP contribution in [-0.4, -0.2) is 22.7 Å². The minimum Gasteiger partial charge on any atom is -0.344 e. The van der Waals surface area contributed by atoms with Gasteiger partial charge in [-0.15, -0.1) is 11.3 Å². The number of hydrogen-bond acceptors (Lipinski definition) is 4. The second-order valence-corrected chi connectivity index (χ2v) is 7.23. The SMILES string of the molecule is CC(C)C(C)(C=O)NC(=O)Cc1csc(-c2cccc(Cl)c2)n1. The lowest BCUT2D eigenvalue weighted by molar-refractivity contribution is -0.127. The van der Waals surface area contributed by atoms with E-state index in [1.165, 1.54) is 11.3 Å². The number of nitrogens with one attached hydrogen (secondary N) is 1. The van der Waals surface area contributed by atoms with E-state index in [0.29, 0.717) is 10.7 Å². The maximum absolute atomic E-state index is 12.2. The summed E-state index contributed by atoms with van der Waals surface area (Å²) in [6, 6.07) is 7.44. The maximum atomic E-state index is 12.2. The van der Waals surface area contributed by atoms with Gasteiger partial charge in [-0.05, 0) is 25.0 Å². The summed E-state index contributed by atoms with van der Waals surface area (Å²) in [7, 11) is 0. The second kappa shape index (κ2) is 7.23. The number of aldehydes is 1. The summed E-state index contributed by atoms with van der Waals surface area (Å²) < 4.78 is 0. The Morgan fingerprint density at radius 1 is 1.48 bits per heavy atom. The molecule has 0 aliphatic carbocycles. The molecule has 1 amide bonds. The van der Waals surface area contributed by atoms with Gasteiger partial charge in [0.15, 0.2) is 0 Å². The van der Waals surface area contributed by atoms with E-state index >= 15 is 0 Å². The summed E-state index contributed by atoms with van der Waals surface area (Å²) in [6.07, 6.45) is 0.932. The number of aromatic nitrogens is 1. The molecule has 1 atom stereocenters. The third-order valence-corrected chi connectivity index (χ3v) is 4.99. The van der Waals surface area contributed by atoms with Crippen molar-refractivity contribution in [1.82, 2.24) is 10.3 Å². The number of halogens is 1. The molecule has 1 N–H and O–H groups in total. The zero-order valence-electron chi connectivity index (χ0n) is 13.3. The van der Waals surface area contributed by atoms with E-state index in [1.807, 2.05) is 37.4 Å². The standard InChI is InChI=1S/C17H19ClN2O2S/c1-11(2)17(3,10-21)20-15(22)8-14-9-23-16(19-14)12-5-4-6-13(18)7-12/h4-7,9-11H,8H2,1-3H3,(H,20,22). The van der Waals surface area contributed by atoms with Crippen LogP contribution >= 0.6 is 22.9 Å². The summed E-state index contributed by atoms with van der Waals surface area (Å²) >= 11 is 7.45. The van der Waals surface area contributed by atoms with Crippen molar-refractivity contribution in [1.29, 1.82) is 0 Å². The molecule has 0 spiro atoms. The summed E-state index contributed by atoms with van der Waals surface area (Å²) in [5, 5.41) is 6.10. The number of amides is 1. The highest BCUT2D eigenvalue weighted by atomic mass is 35.5. The average Bonchev–Trinajstić information content (AvgIpc) is 2.95. The molecule has 0 radical (unpaired) electrons. The molecule has 4 nitrogen and oxygen atoms in total. The molecule has 1 heterocycles. The van der Waals surface area contributed by atoms with Crippen LogP contribution in [0.5, 0.6) is 0 Å². The van der Waals surface area contributed by atoms with Gasteiger partial charge >= 0.3 is 0 Å². The number of carbonyl (C=O) groups excluding carboxylic acids is 2. The van der Waals surface area contributed by atoms with Crippen LogP contribution in [0.1, 0.15) is 26.5 Å². The third-order valence-electron chi connectivity index (χ3n) is 3.82. The molecule has 1 aromatic heterocycles. The minimum atomic E-state index is -0.858. The van der Waals surface area contributed by atoms with E-state index in [2.05, 4.69) is 10.3 Å². The summed E-state index contributed by atoms with van der Waals surface area (Å²) in [4.78, 5) is 27.9. The van der Waals surface area contributed by atoms with E-state index in [0.717, 1.165) is 16.9 Å². The normalized spacial score (nSPS) is 13.6. The summed E-state index contributed by atoms with van der Waals surface area (Å²) in [6.45, 7) is 5.52. The van der Waals surface area contributed by atoms with Crippen LogP contribution in [0, 0.1) is 5.92 Å². The van der Waals surface area contributed by atoms with Gasteiger partial charge in [0.1, 0.15) is 11.3 Å². The molecular formula is C17H19ClN2O2S. The van der Waals surface area contributed by atoms with Crippen molar-refractivity contribution in [3.8, 4) is 10.6 Å². The highest BCUT2D eigenvalue weighted by Gasteiger charge is 2.29. The number of benzene rings is 1. The molecule has 6 heteroatoms. The Kier molecular flexibility index (Phi) is 5.55. The molecular weight excluding hydrogens is 332 g/mol. The first kappa shape index (κ1) is 17.6. The van der Waals surface area contributed by atoms with Crippen molar-refractivity contribution in [3.05, 3.63) is 40.4 Å². The molecule has 0 aliphatic rings. The van der Waals surface area contributed by atoms with Crippen molar-refractivity contribution in [2.24, 2.45) is 5.92 Å². The Morgan fingerprint density at radius 3 is 2.83 bits per heavy atom. The lowest BCUT2D eigenvalue weighted by Crippen LogP contribution is -2.51. The number of carbonyl (C=O) groups is 2. The van der Waals surface area contributed by atoms with E-state index in [4.69, 9.17) is 11.6 Å². The summed E-state index contributed by atoms with van der Waals surface area (Å²) in [5.41, 5.74) is 0.747. The highest BCUT2D eigenvalue weighted by Crippen LogP contribution is 2.26. The fraction of sp³-hybridized carbons (Fsp3) is 0.353. The predicted octanol–water partition coefficient (Wildman–Crippen LogP) is 3.74. The molecule has 2 rings (SSSR count). The first-order valence-corrected chi connectivity index (χ1v) is 8.57. The summed E-state index contributed by atoms with van der Waals surface area (Å²) in [5.74, 6) is -0.197. The Balaban J connectivity index is 2.07. The van der Waals surface area contributed by atoms with E-state index in [-0.39, 0.29) is 18.2 Å². The van der Waals surface area contributed by atoms with Crippen LogP contribution < -0.4 is 5.32 Å². The van der Waals surface area contributed by atoms with Crippen molar-refractivity contribution in [3.63, 3.8) is 0 Å². The number of nitrogens with zero attached hydrogens (tertiary/aromatic N) is 1. The van der Waals surface area contributed by atoms with Gasteiger partial charge in [-0.1, -0.05) is 37.6 Å². The molecule has 1 unspecified atom stereocenters. The first-order chi connectivity index (χ1) is 10.8. The van der Waals surface area contributed by atoms with Crippen LogP contribution in [0.25, 0.3) is 10.6 Å². The fourth-order valence-corrected chi connectivity index (χ4v) is 2.97. The maximum Gasteiger partial charge on any atom is 0.226 e. The Bertz CT molecular complexity index is 714. The topological polar surface area (TPSA) is 59.1 Å². The Hall–Kier alpha value is -1.72. The monoisotopic (exact) mass is 350 g/mol. The van der Waals surface area contributed by atoms with Gasteiger partial charge in [0.05, 0.1) is 17.7 Å². The van der Waals surface area contributed by atoms with Gasteiger partial charge in [0, 0.05) is 16.0 Å². The van der Waals surface area contributed by atoms with Crippen molar-refractivity contribution < 1.29 is 9.59 Å². The van der Waals surface area contributed by atoms with Gasteiger partial charge in [0.2, 0.25) is 5.91 Å². The van der Waals surface area contributed by atoms with E-state index in [1.54, 1.807) is 13.0 Å². The largest absolute Gasteiger partial charge is 0.344 e. The zero-order valence-corrected chi connectivity index (χ0v) is 14.9. The van der Waals surface area contributed by atoms with Gasteiger partial charge in [-0.25, -0.2) is 4.98 Å². The van der Waals surface area contributed by atoms with Gasteiger partial charge in [-0.3, -0.25) is 4.79 Å². The highest BCUT2D eigenvalue weighted by molar-refractivity contribution is 7.13. The molecule has 0 fully saturated rings. The lowest BCUT2D eigenvalue weighted by atomic mass is 9.90. The van der Waals surface area contributed by atoms with Crippen molar-refractivity contribution in [2.75, 3.05) is 0 Å². The van der Waals surface area contributed by atoms with Crippen LogP contribution in [0.2, 0.25) is 5.02 Å². The third kappa shape index (κ3) is 4.39. The second-order valence-electron chi connectivity index (χ2n) is 5.93. The van der Waals surface area contributed by atoms with Gasteiger partial charge in [-0.2, -0.15) is 0 Å². The minimum absolute atomic E-state index is 0.0152. The molecule has 122 valence electrons. The van der Waals surface area contributed by atoms with Crippen LogP contribution in [-0.2, 0) is 16.0 Å². The zero-order chi connectivity index (χ0) is 17.0. The van der Waals surface area contributed by atoms with Gasteiger partial charge < -0.3 is 10.1 Å². The van der Waals surface area contributed by atoms with E-state index in [9.17, 15) is 9.59 Å². The number of rotatable bonds is 6. The van der Waals surface area contributed by atoms with Gasteiger partial charge in [0.25, 0.3) is 0 Å². The molecule has 1 aromatic carbocycles. The number of hydrogen-bond donors (Lipinski definition) is 1. The van der Waals surface area contributed by atoms with E-state index < -0.39 is 5.54 Å². The van der Waals surface area contributed by atoms with Crippen LogP contribution in [0.15, 0.2) is 29.6 Å². The number of thiazole rings is 1. The molecule has 0 bridgehead atoms. The molecule has 2 aromatic rings. The van der Waals surface area contributed by atoms with Crippen LogP contribution in [0.3, 0.4) is 0 Å². The van der Waals surface area contributed by atoms with Crippen LogP contribution in [0.4, 0.5) is 0 Å². The Labute approximate surface area is 144 Å².